The lowest BCUT2D eigenvalue weighted by Gasteiger charge is -2.42. The van der Waals surface area contributed by atoms with Crippen molar-refractivity contribution in [2.24, 2.45) is 17.8 Å². The summed E-state index contributed by atoms with van der Waals surface area (Å²) in [5, 5.41) is 0. The van der Waals surface area contributed by atoms with Crippen molar-refractivity contribution in [1.29, 1.82) is 0 Å². The number of hydrogen-bond acceptors (Lipinski definition) is 6. The van der Waals surface area contributed by atoms with Crippen molar-refractivity contribution >= 4 is 11.8 Å². The van der Waals surface area contributed by atoms with Crippen LogP contribution in [0.4, 0.5) is 0 Å². The van der Waals surface area contributed by atoms with Crippen molar-refractivity contribution in [3.05, 3.63) is 24.3 Å². The highest BCUT2D eigenvalue weighted by molar-refractivity contribution is 5.96. The van der Waals surface area contributed by atoms with Crippen LogP contribution in [0.2, 0.25) is 0 Å². The topological polar surface area (TPSA) is 74.4 Å². The molecule has 3 bridgehead atoms. The van der Waals surface area contributed by atoms with Gasteiger partial charge in [-0.15, -0.1) is 0 Å². The predicted octanol–water partition coefficient (Wildman–Crippen LogP) is 1.93. The molecule has 5 aliphatic heterocycles. The summed E-state index contributed by atoms with van der Waals surface area (Å²) in [4.78, 5) is 25.6. The Kier molecular flexibility index (Phi) is 3.11. The fourth-order valence-corrected chi connectivity index (χ4v) is 5.55. The highest BCUT2D eigenvalue weighted by Gasteiger charge is 2.81. The van der Waals surface area contributed by atoms with E-state index in [1.807, 2.05) is 13.8 Å². The minimum Gasteiger partial charge on any atom is -0.458 e. The fraction of sp³-hybridized carbons (Fsp3) is 0.700. The average Bonchev–Trinajstić information content (AvgIpc) is 3.04. The lowest BCUT2D eigenvalue weighted by molar-refractivity contribution is -0.279. The Morgan fingerprint density at radius 1 is 1.04 bits per heavy atom. The summed E-state index contributed by atoms with van der Waals surface area (Å²) in [5.74, 6) is -2.31. The van der Waals surface area contributed by atoms with Crippen LogP contribution in [-0.4, -0.2) is 47.6 Å². The quantitative estimate of drug-likeness (QED) is 0.426. The van der Waals surface area contributed by atoms with E-state index in [2.05, 4.69) is 13.2 Å². The molecule has 5 fully saturated rings. The molecule has 6 heteroatoms. The van der Waals surface area contributed by atoms with E-state index in [9.17, 15) is 9.59 Å². The Morgan fingerprint density at radius 2 is 1.77 bits per heavy atom. The third-order valence-electron chi connectivity index (χ3n) is 6.91. The van der Waals surface area contributed by atoms with Gasteiger partial charge in [-0.1, -0.05) is 24.3 Å². The molecule has 0 saturated carbocycles. The summed E-state index contributed by atoms with van der Waals surface area (Å²) in [6.07, 6.45) is -0.804. The van der Waals surface area contributed by atoms with Crippen LogP contribution >= 0.6 is 0 Å². The third kappa shape index (κ3) is 1.78. The highest BCUT2D eigenvalue weighted by atomic mass is 16.8. The number of fused-ring (bicyclic) bond motifs is 2. The first-order valence-electron chi connectivity index (χ1n) is 9.30. The van der Waals surface area contributed by atoms with Gasteiger partial charge in [0.15, 0.2) is 11.4 Å². The summed E-state index contributed by atoms with van der Waals surface area (Å²) in [6, 6.07) is 0. The zero-order valence-electron chi connectivity index (χ0n) is 15.3. The number of hydrogen-bond donors (Lipinski definition) is 0. The minimum atomic E-state index is -1.13. The Hall–Kier alpha value is -1.50. The molecule has 0 unspecified atom stereocenters. The van der Waals surface area contributed by atoms with Gasteiger partial charge in [0.05, 0.1) is 11.8 Å². The van der Waals surface area contributed by atoms with E-state index in [4.69, 9.17) is 18.9 Å². The highest BCUT2D eigenvalue weighted by Crippen LogP contribution is 2.62. The monoisotopic (exact) mass is 360 g/mol. The van der Waals surface area contributed by atoms with Crippen LogP contribution in [-0.2, 0) is 28.5 Å². The molecule has 0 radical (unpaired) electrons. The van der Waals surface area contributed by atoms with Crippen molar-refractivity contribution in [2.75, 3.05) is 0 Å². The molecule has 6 nitrogen and oxygen atoms in total. The van der Waals surface area contributed by atoms with Crippen LogP contribution in [0, 0.1) is 17.8 Å². The molecule has 5 rings (SSSR count). The van der Waals surface area contributed by atoms with Gasteiger partial charge in [0, 0.05) is 5.92 Å². The molecule has 5 aliphatic rings. The molecule has 1 spiro atoms. The number of epoxide rings is 1. The van der Waals surface area contributed by atoms with E-state index in [1.165, 1.54) is 0 Å². The van der Waals surface area contributed by atoms with Crippen molar-refractivity contribution in [3.8, 4) is 0 Å². The molecule has 9 atom stereocenters. The molecule has 0 aromatic carbocycles. The van der Waals surface area contributed by atoms with Crippen molar-refractivity contribution in [1.82, 2.24) is 0 Å². The predicted molar refractivity (Wildman–Crippen MR) is 90.0 cm³/mol. The molecule has 0 aromatic rings. The molecule has 0 aliphatic carbocycles. The van der Waals surface area contributed by atoms with Gasteiger partial charge in [-0.3, -0.25) is 9.59 Å². The molecule has 5 saturated heterocycles. The zero-order valence-corrected chi connectivity index (χ0v) is 15.3. The Balaban J connectivity index is 1.69. The second-order valence-corrected chi connectivity index (χ2v) is 8.67. The minimum absolute atomic E-state index is 0.0601. The molecule has 0 amide bonds. The van der Waals surface area contributed by atoms with Crippen LogP contribution in [0.5, 0.6) is 0 Å². The molecular formula is C20H24O6. The zero-order chi connectivity index (χ0) is 18.6. The van der Waals surface area contributed by atoms with Crippen LogP contribution < -0.4 is 0 Å². The Bertz CT molecular complexity index is 757. The number of carbonyl (C=O) groups is 2. The van der Waals surface area contributed by atoms with Gasteiger partial charge in [0.2, 0.25) is 5.79 Å². The number of esters is 1. The lowest BCUT2D eigenvalue weighted by Crippen LogP contribution is -2.60. The largest absolute Gasteiger partial charge is 0.458 e. The first kappa shape index (κ1) is 16.7. The lowest BCUT2D eigenvalue weighted by atomic mass is 9.74. The summed E-state index contributed by atoms with van der Waals surface area (Å²) in [7, 11) is 0. The number of ether oxygens (including phenoxy) is 4. The SMILES string of the molecule is C=C(C)[C@@H]1CC[C@H]2C(=O)O[C@@H]3[C@H]2O[C@]2(O[C@@H]1C(=O)[C@]1(C)O[C@H]21)[C@H]3C(=C)C. The maximum Gasteiger partial charge on any atom is 0.312 e. The molecule has 0 N–H and O–H groups in total. The smallest absolute Gasteiger partial charge is 0.312 e. The third-order valence-corrected chi connectivity index (χ3v) is 6.91. The second kappa shape index (κ2) is 4.86. The normalized spacial score (nSPS) is 53.9. The van der Waals surface area contributed by atoms with E-state index in [-0.39, 0.29) is 29.5 Å². The molecule has 26 heavy (non-hydrogen) atoms. The number of ketones is 1. The Labute approximate surface area is 152 Å². The standard InChI is InChI=1S/C20H24O6/c1-8(2)10-6-7-11-13-15(23-17(11)22)12(9(3)4)20(24-13)18-19(5,26-18)16(21)14(10)25-20/h10-15,18H,1,3,6-7H2,2,4-5H3/t10-,11+,12-,13-,14-,15-,18-,19-,20-/m0/s1. The first-order chi connectivity index (χ1) is 12.2. The number of rotatable bonds is 2. The van der Waals surface area contributed by atoms with Crippen LogP contribution in [0.3, 0.4) is 0 Å². The van der Waals surface area contributed by atoms with E-state index in [0.29, 0.717) is 12.8 Å². The summed E-state index contributed by atoms with van der Waals surface area (Å²) in [5.41, 5.74) is 0.755. The van der Waals surface area contributed by atoms with E-state index in [0.717, 1.165) is 11.1 Å². The van der Waals surface area contributed by atoms with Gasteiger partial charge in [0.1, 0.15) is 24.4 Å². The van der Waals surface area contributed by atoms with E-state index < -0.39 is 35.8 Å². The Morgan fingerprint density at radius 3 is 2.42 bits per heavy atom. The van der Waals surface area contributed by atoms with Gasteiger partial charge in [-0.2, -0.15) is 0 Å². The van der Waals surface area contributed by atoms with E-state index >= 15 is 0 Å². The summed E-state index contributed by atoms with van der Waals surface area (Å²) in [6.45, 7) is 13.8. The average molecular weight is 360 g/mol. The van der Waals surface area contributed by atoms with Crippen molar-refractivity contribution < 1.29 is 28.5 Å². The fourth-order valence-electron chi connectivity index (χ4n) is 5.55. The summed E-state index contributed by atoms with van der Waals surface area (Å²) >= 11 is 0. The molecule has 0 aromatic heterocycles. The second-order valence-electron chi connectivity index (χ2n) is 8.67. The molecular weight excluding hydrogens is 336 g/mol. The van der Waals surface area contributed by atoms with Crippen LogP contribution in [0.1, 0.15) is 33.6 Å². The van der Waals surface area contributed by atoms with Crippen molar-refractivity contribution in [2.45, 2.75) is 69.4 Å². The van der Waals surface area contributed by atoms with Gasteiger partial charge < -0.3 is 18.9 Å². The number of Topliss-reactive ketones (excluding diaryl/α,β-unsaturated/α-hetero) is 1. The number of carbonyl (C=O) groups excluding carboxylic acids is 2. The van der Waals surface area contributed by atoms with Gasteiger partial charge in [-0.25, -0.2) is 0 Å². The van der Waals surface area contributed by atoms with Gasteiger partial charge >= 0.3 is 5.97 Å². The maximum atomic E-state index is 13.1. The van der Waals surface area contributed by atoms with Gasteiger partial charge in [0.25, 0.3) is 0 Å². The first-order valence-corrected chi connectivity index (χ1v) is 9.30. The van der Waals surface area contributed by atoms with Crippen LogP contribution in [0.25, 0.3) is 0 Å². The molecule has 140 valence electrons. The van der Waals surface area contributed by atoms with E-state index in [1.54, 1.807) is 6.92 Å². The summed E-state index contributed by atoms with van der Waals surface area (Å²) < 4.78 is 24.5. The molecule has 5 heterocycles. The van der Waals surface area contributed by atoms with Gasteiger partial charge in [-0.05, 0) is 33.6 Å². The maximum absolute atomic E-state index is 13.1. The van der Waals surface area contributed by atoms with Crippen molar-refractivity contribution in [3.63, 3.8) is 0 Å². The van der Waals surface area contributed by atoms with Crippen LogP contribution in [0.15, 0.2) is 24.3 Å².